The first-order valence-electron chi connectivity index (χ1n) is 7.40. The predicted octanol–water partition coefficient (Wildman–Crippen LogP) is 3.61. The molecule has 0 fully saturated rings. The van der Waals surface area contributed by atoms with E-state index in [-0.39, 0.29) is 11.7 Å². The molecule has 0 saturated heterocycles. The molecule has 1 amide bonds. The van der Waals surface area contributed by atoms with Crippen LogP contribution in [0.15, 0.2) is 42.7 Å². The molecule has 114 valence electrons. The third-order valence-corrected chi connectivity index (χ3v) is 3.88. The van der Waals surface area contributed by atoms with Gasteiger partial charge in [-0.1, -0.05) is 12.2 Å². The number of aromatic nitrogens is 2. The number of benzene rings is 1. The molecular weight excluding hydrogens is 281 g/mol. The van der Waals surface area contributed by atoms with E-state index in [9.17, 15) is 9.18 Å². The van der Waals surface area contributed by atoms with Gasteiger partial charge >= 0.3 is 0 Å². The zero-order valence-electron chi connectivity index (χ0n) is 12.4. The van der Waals surface area contributed by atoms with Gasteiger partial charge in [-0.25, -0.2) is 9.37 Å². The second kappa shape index (κ2) is 6.13. The van der Waals surface area contributed by atoms with Crippen LogP contribution in [-0.4, -0.2) is 15.5 Å². The van der Waals surface area contributed by atoms with Crippen molar-refractivity contribution in [2.24, 2.45) is 5.92 Å². The van der Waals surface area contributed by atoms with Crippen LogP contribution in [0.3, 0.4) is 0 Å². The summed E-state index contributed by atoms with van der Waals surface area (Å²) in [5, 5.41) is 2.76. The zero-order valence-corrected chi connectivity index (χ0v) is 12.4. The van der Waals surface area contributed by atoms with Crippen LogP contribution in [0.1, 0.15) is 25.1 Å². The molecule has 1 atom stereocenters. The van der Waals surface area contributed by atoms with Gasteiger partial charge in [-0.05, 0) is 43.9 Å². The van der Waals surface area contributed by atoms with Crippen LogP contribution in [-0.2, 0) is 4.79 Å². The van der Waals surface area contributed by atoms with Gasteiger partial charge in [0.1, 0.15) is 11.6 Å². The Hall–Kier alpha value is -2.43. The minimum atomic E-state index is -0.389. The fourth-order valence-electron chi connectivity index (χ4n) is 2.73. The van der Waals surface area contributed by atoms with Gasteiger partial charge in [0, 0.05) is 24.5 Å². The number of anilines is 1. The molecule has 1 heterocycles. The molecule has 1 aliphatic rings. The number of allylic oxidation sites excluding steroid dienone is 2. The van der Waals surface area contributed by atoms with E-state index >= 15 is 0 Å². The van der Waals surface area contributed by atoms with Gasteiger partial charge in [-0.2, -0.15) is 0 Å². The number of aryl methyl sites for hydroxylation is 1. The minimum Gasteiger partial charge on any atom is -0.326 e. The molecule has 0 spiro atoms. The first-order chi connectivity index (χ1) is 10.6. The zero-order chi connectivity index (χ0) is 15.5. The molecule has 22 heavy (non-hydrogen) atoms. The van der Waals surface area contributed by atoms with E-state index < -0.39 is 0 Å². The first kappa shape index (κ1) is 14.5. The molecule has 0 bridgehead atoms. The molecule has 4 nitrogen and oxygen atoms in total. The molecule has 5 heteroatoms. The lowest BCUT2D eigenvalue weighted by Gasteiger charge is -2.11. The molecule has 3 rings (SSSR count). The number of imidazole rings is 1. The normalized spacial score (nSPS) is 16.9. The Kier molecular flexibility index (Phi) is 4.04. The van der Waals surface area contributed by atoms with E-state index in [1.54, 1.807) is 29.1 Å². The fraction of sp³-hybridized carbons (Fsp3) is 0.294. The number of amides is 1. The lowest BCUT2D eigenvalue weighted by atomic mass is 10.1. The summed E-state index contributed by atoms with van der Waals surface area (Å²) in [4.78, 5) is 16.0. The van der Waals surface area contributed by atoms with Crippen molar-refractivity contribution in [3.63, 3.8) is 0 Å². The largest absolute Gasteiger partial charge is 0.326 e. The van der Waals surface area contributed by atoms with E-state index in [4.69, 9.17) is 0 Å². The maximum absolute atomic E-state index is 14.2. The van der Waals surface area contributed by atoms with Crippen molar-refractivity contribution in [2.75, 3.05) is 5.32 Å². The molecular formula is C17H18FN3O. The maximum Gasteiger partial charge on any atom is 0.224 e. The molecule has 1 aromatic heterocycles. The highest BCUT2D eigenvalue weighted by atomic mass is 19.1. The Bertz CT molecular complexity index is 720. The van der Waals surface area contributed by atoms with Crippen molar-refractivity contribution < 1.29 is 9.18 Å². The summed E-state index contributed by atoms with van der Waals surface area (Å²) < 4.78 is 15.9. The quantitative estimate of drug-likeness (QED) is 0.877. The third kappa shape index (κ3) is 3.08. The number of hydrogen-bond acceptors (Lipinski definition) is 2. The molecule has 1 aliphatic carbocycles. The molecule has 0 radical (unpaired) electrons. The van der Waals surface area contributed by atoms with Gasteiger partial charge in [-0.3, -0.25) is 4.79 Å². The predicted molar refractivity (Wildman–Crippen MR) is 83.4 cm³/mol. The average molecular weight is 299 g/mol. The van der Waals surface area contributed by atoms with Crippen molar-refractivity contribution in [2.45, 2.75) is 26.2 Å². The molecule has 0 aliphatic heterocycles. The summed E-state index contributed by atoms with van der Waals surface area (Å²) >= 11 is 0. The highest BCUT2D eigenvalue weighted by Gasteiger charge is 2.15. The van der Waals surface area contributed by atoms with Crippen molar-refractivity contribution in [3.05, 3.63) is 54.4 Å². The van der Waals surface area contributed by atoms with E-state index in [2.05, 4.69) is 22.5 Å². The monoisotopic (exact) mass is 299 g/mol. The molecule has 2 aromatic rings. The van der Waals surface area contributed by atoms with E-state index in [1.165, 1.54) is 6.07 Å². The highest BCUT2D eigenvalue weighted by molar-refractivity contribution is 5.91. The van der Waals surface area contributed by atoms with Gasteiger partial charge in [0.2, 0.25) is 5.91 Å². The summed E-state index contributed by atoms with van der Waals surface area (Å²) in [6.07, 6.45) is 10.00. The van der Waals surface area contributed by atoms with Gasteiger partial charge < -0.3 is 9.88 Å². The highest BCUT2D eigenvalue weighted by Crippen LogP contribution is 2.22. The van der Waals surface area contributed by atoms with Crippen molar-refractivity contribution in [1.82, 2.24) is 9.55 Å². The van der Waals surface area contributed by atoms with Gasteiger partial charge in [-0.15, -0.1) is 0 Å². The van der Waals surface area contributed by atoms with Crippen LogP contribution < -0.4 is 5.32 Å². The van der Waals surface area contributed by atoms with E-state index in [0.717, 1.165) is 12.8 Å². The first-order valence-corrected chi connectivity index (χ1v) is 7.40. The lowest BCUT2D eigenvalue weighted by molar-refractivity contribution is -0.116. The maximum atomic E-state index is 14.2. The van der Waals surface area contributed by atoms with Crippen molar-refractivity contribution in [1.29, 1.82) is 0 Å². The molecule has 1 N–H and O–H groups in total. The standard InChI is InChI=1S/C17H18FN3O/c1-12-19-8-9-21(12)16-7-6-14(11-15(16)18)20-17(22)10-13-4-2-3-5-13/h2,4,6-9,11,13H,3,5,10H2,1H3,(H,20,22)/t13-/m0/s1. The Morgan fingerprint density at radius 3 is 3.00 bits per heavy atom. The SMILES string of the molecule is Cc1nccn1-c1ccc(NC(=O)C[C@H]2C=CCC2)cc1F. The van der Waals surface area contributed by atoms with Crippen molar-refractivity contribution in [3.8, 4) is 5.69 Å². The third-order valence-electron chi connectivity index (χ3n) is 3.88. The topological polar surface area (TPSA) is 46.9 Å². The number of halogens is 1. The average Bonchev–Trinajstić information content (AvgIpc) is 3.11. The fourth-order valence-corrected chi connectivity index (χ4v) is 2.73. The summed E-state index contributed by atoms with van der Waals surface area (Å²) in [7, 11) is 0. The second-order valence-electron chi connectivity index (χ2n) is 5.53. The second-order valence-corrected chi connectivity index (χ2v) is 5.53. The Balaban J connectivity index is 1.70. The lowest BCUT2D eigenvalue weighted by Crippen LogP contribution is -2.15. The van der Waals surface area contributed by atoms with Crippen LogP contribution in [0.2, 0.25) is 0 Å². The van der Waals surface area contributed by atoms with Gasteiger partial charge in [0.05, 0.1) is 5.69 Å². The summed E-state index contributed by atoms with van der Waals surface area (Å²) in [6, 6.07) is 4.70. The van der Waals surface area contributed by atoms with Crippen LogP contribution in [0.5, 0.6) is 0 Å². The summed E-state index contributed by atoms with van der Waals surface area (Å²) in [5.74, 6) is 0.545. The molecule has 0 saturated carbocycles. The van der Waals surface area contributed by atoms with Gasteiger partial charge in [0.25, 0.3) is 0 Å². The Labute approximate surface area is 128 Å². The number of nitrogens with one attached hydrogen (secondary N) is 1. The smallest absolute Gasteiger partial charge is 0.224 e. The summed E-state index contributed by atoms with van der Waals surface area (Å²) in [5.41, 5.74) is 0.901. The molecule has 1 aromatic carbocycles. The summed E-state index contributed by atoms with van der Waals surface area (Å²) in [6.45, 7) is 1.81. The van der Waals surface area contributed by atoms with Crippen LogP contribution in [0.25, 0.3) is 5.69 Å². The Morgan fingerprint density at radius 2 is 2.36 bits per heavy atom. The van der Waals surface area contributed by atoms with Gasteiger partial charge in [0.15, 0.2) is 0 Å². The number of carbonyl (C=O) groups is 1. The van der Waals surface area contributed by atoms with Crippen molar-refractivity contribution >= 4 is 11.6 Å². The van der Waals surface area contributed by atoms with Crippen LogP contribution in [0, 0.1) is 18.7 Å². The van der Waals surface area contributed by atoms with Crippen LogP contribution >= 0.6 is 0 Å². The van der Waals surface area contributed by atoms with E-state index in [1.807, 2.05) is 6.92 Å². The number of nitrogens with zero attached hydrogens (tertiary/aromatic N) is 2. The number of rotatable bonds is 4. The van der Waals surface area contributed by atoms with E-state index in [0.29, 0.717) is 29.5 Å². The Morgan fingerprint density at radius 1 is 1.50 bits per heavy atom. The molecule has 0 unspecified atom stereocenters. The minimum absolute atomic E-state index is 0.0810. The van der Waals surface area contributed by atoms with Crippen LogP contribution in [0.4, 0.5) is 10.1 Å². The number of carbonyl (C=O) groups excluding carboxylic acids is 1. The number of hydrogen-bond donors (Lipinski definition) is 1.